The quantitative estimate of drug-likeness (QED) is 0.922. The smallest absolute Gasteiger partial charge is 0.233 e. The molecule has 1 N–H and O–H groups in total. The molecule has 0 aliphatic carbocycles. The topological polar surface area (TPSA) is 53.7 Å². The SMILES string of the molecule is CC(C(=O)N1CCCC1CCCO)c1cc2ccccc2o1. The number of aliphatic hydroxyl groups excluding tert-OH is 1. The van der Waals surface area contributed by atoms with Gasteiger partial charge in [-0.2, -0.15) is 0 Å². The monoisotopic (exact) mass is 301 g/mol. The van der Waals surface area contributed by atoms with E-state index in [1.807, 2.05) is 42.2 Å². The fourth-order valence-corrected chi connectivity index (χ4v) is 3.34. The lowest BCUT2D eigenvalue weighted by molar-refractivity contribution is -0.133. The summed E-state index contributed by atoms with van der Waals surface area (Å²) >= 11 is 0. The van der Waals surface area contributed by atoms with Crippen LogP contribution in [-0.4, -0.2) is 35.1 Å². The van der Waals surface area contributed by atoms with E-state index in [-0.39, 0.29) is 24.5 Å². The summed E-state index contributed by atoms with van der Waals surface area (Å²) in [4.78, 5) is 14.8. The maximum absolute atomic E-state index is 12.8. The van der Waals surface area contributed by atoms with Crippen LogP contribution in [0.25, 0.3) is 11.0 Å². The molecule has 22 heavy (non-hydrogen) atoms. The number of hydrogen-bond donors (Lipinski definition) is 1. The van der Waals surface area contributed by atoms with Crippen molar-refractivity contribution in [3.8, 4) is 0 Å². The van der Waals surface area contributed by atoms with E-state index < -0.39 is 0 Å². The molecule has 1 aromatic carbocycles. The van der Waals surface area contributed by atoms with E-state index >= 15 is 0 Å². The molecular weight excluding hydrogens is 278 g/mol. The van der Waals surface area contributed by atoms with Crippen LogP contribution in [0, 0.1) is 0 Å². The van der Waals surface area contributed by atoms with Crippen LogP contribution in [0.4, 0.5) is 0 Å². The number of likely N-dealkylation sites (tertiary alicyclic amines) is 1. The third-order valence-electron chi connectivity index (χ3n) is 4.60. The van der Waals surface area contributed by atoms with Crippen LogP contribution in [0.3, 0.4) is 0 Å². The highest BCUT2D eigenvalue weighted by molar-refractivity contribution is 5.85. The summed E-state index contributed by atoms with van der Waals surface area (Å²) in [6.07, 6.45) is 3.73. The molecule has 0 saturated carbocycles. The summed E-state index contributed by atoms with van der Waals surface area (Å²) in [5.74, 6) is 0.612. The number of carbonyl (C=O) groups is 1. The van der Waals surface area contributed by atoms with Gasteiger partial charge in [0.05, 0.1) is 5.92 Å². The van der Waals surface area contributed by atoms with Crippen LogP contribution in [0.5, 0.6) is 0 Å². The zero-order valence-corrected chi connectivity index (χ0v) is 13.0. The second-order valence-corrected chi connectivity index (χ2v) is 6.10. The van der Waals surface area contributed by atoms with Crippen LogP contribution in [0.1, 0.15) is 44.3 Å². The molecule has 4 heteroatoms. The molecule has 0 bridgehead atoms. The van der Waals surface area contributed by atoms with E-state index in [1.165, 1.54) is 0 Å². The molecule has 118 valence electrons. The number of carbonyl (C=O) groups excluding carboxylic acids is 1. The molecule has 2 aromatic rings. The van der Waals surface area contributed by atoms with Gasteiger partial charge < -0.3 is 14.4 Å². The lowest BCUT2D eigenvalue weighted by Gasteiger charge is -2.26. The van der Waals surface area contributed by atoms with Crippen molar-refractivity contribution < 1.29 is 14.3 Å². The van der Waals surface area contributed by atoms with E-state index in [0.717, 1.165) is 49.0 Å². The molecule has 2 unspecified atom stereocenters. The van der Waals surface area contributed by atoms with Crippen molar-refractivity contribution in [3.63, 3.8) is 0 Å². The third-order valence-corrected chi connectivity index (χ3v) is 4.60. The summed E-state index contributed by atoms with van der Waals surface area (Å²) in [5, 5.41) is 10.0. The zero-order valence-electron chi connectivity index (χ0n) is 13.0. The van der Waals surface area contributed by atoms with Gasteiger partial charge in [-0.1, -0.05) is 18.2 Å². The van der Waals surface area contributed by atoms with E-state index in [9.17, 15) is 4.79 Å². The molecule has 1 amide bonds. The molecule has 0 radical (unpaired) electrons. The van der Waals surface area contributed by atoms with Gasteiger partial charge in [0, 0.05) is 24.6 Å². The van der Waals surface area contributed by atoms with Crippen molar-refractivity contribution in [1.29, 1.82) is 0 Å². The Morgan fingerprint density at radius 2 is 2.27 bits per heavy atom. The van der Waals surface area contributed by atoms with Gasteiger partial charge in [-0.05, 0) is 44.7 Å². The molecule has 1 aromatic heterocycles. The Kier molecular flexibility index (Phi) is 4.48. The van der Waals surface area contributed by atoms with Gasteiger partial charge in [0.25, 0.3) is 0 Å². The minimum Gasteiger partial charge on any atom is -0.460 e. The van der Waals surface area contributed by atoms with Crippen LogP contribution in [0.15, 0.2) is 34.7 Å². The average Bonchev–Trinajstić information content (AvgIpc) is 3.17. The number of hydrogen-bond acceptors (Lipinski definition) is 3. The molecule has 0 spiro atoms. The Balaban J connectivity index is 1.75. The van der Waals surface area contributed by atoms with Crippen molar-refractivity contribution >= 4 is 16.9 Å². The van der Waals surface area contributed by atoms with Crippen molar-refractivity contribution in [2.24, 2.45) is 0 Å². The Hall–Kier alpha value is -1.81. The molecule has 1 aliphatic heterocycles. The summed E-state index contributed by atoms with van der Waals surface area (Å²) in [6, 6.07) is 10.1. The van der Waals surface area contributed by atoms with Gasteiger partial charge in [0.2, 0.25) is 5.91 Å². The molecule has 4 nitrogen and oxygen atoms in total. The molecule has 2 atom stereocenters. The molecule has 2 heterocycles. The van der Waals surface area contributed by atoms with Crippen molar-refractivity contribution in [2.45, 2.75) is 44.6 Å². The fourth-order valence-electron chi connectivity index (χ4n) is 3.34. The summed E-state index contributed by atoms with van der Waals surface area (Å²) in [6.45, 7) is 2.93. The Bertz CT molecular complexity index is 616. The van der Waals surface area contributed by atoms with E-state index in [2.05, 4.69) is 0 Å². The van der Waals surface area contributed by atoms with E-state index in [1.54, 1.807) is 0 Å². The first-order valence-corrected chi connectivity index (χ1v) is 8.10. The normalized spacial score (nSPS) is 19.7. The second kappa shape index (κ2) is 6.53. The minimum atomic E-state index is -0.262. The van der Waals surface area contributed by atoms with Crippen molar-refractivity contribution in [3.05, 3.63) is 36.1 Å². The number of aliphatic hydroxyl groups is 1. The van der Waals surface area contributed by atoms with E-state index in [0.29, 0.717) is 0 Å². The first-order chi connectivity index (χ1) is 10.7. The first-order valence-electron chi connectivity index (χ1n) is 8.10. The summed E-state index contributed by atoms with van der Waals surface area (Å²) in [7, 11) is 0. The number of fused-ring (bicyclic) bond motifs is 1. The summed E-state index contributed by atoms with van der Waals surface area (Å²) in [5.41, 5.74) is 0.829. The number of furan rings is 1. The van der Waals surface area contributed by atoms with Gasteiger partial charge in [-0.25, -0.2) is 0 Å². The highest BCUT2D eigenvalue weighted by Crippen LogP contribution is 2.30. The number of para-hydroxylation sites is 1. The van der Waals surface area contributed by atoms with Gasteiger partial charge in [-0.3, -0.25) is 4.79 Å². The van der Waals surface area contributed by atoms with Crippen LogP contribution in [0.2, 0.25) is 0 Å². The predicted octanol–water partition coefficient (Wildman–Crippen LogP) is 3.30. The van der Waals surface area contributed by atoms with Gasteiger partial charge >= 0.3 is 0 Å². The molecule has 1 aliphatic rings. The predicted molar refractivity (Wildman–Crippen MR) is 85.7 cm³/mol. The third kappa shape index (κ3) is 2.88. The maximum atomic E-state index is 12.8. The molecule has 1 fully saturated rings. The van der Waals surface area contributed by atoms with Gasteiger partial charge in [0.1, 0.15) is 11.3 Å². The maximum Gasteiger partial charge on any atom is 0.233 e. The second-order valence-electron chi connectivity index (χ2n) is 6.10. The van der Waals surface area contributed by atoms with Crippen LogP contribution < -0.4 is 0 Å². The molecule has 1 saturated heterocycles. The minimum absolute atomic E-state index is 0.138. The van der Waals surface area contributed by atoms with Crippen LogP contribution >= 0.6 is 0 Å². The van der Waals surface area contributed by atoms with Crippen molar-refractivity contribution in [1.82, 2.24) is 4.90 Å². The molecule has 3 rings (SSSR count). The van der Waals surface area contributed by atoms with Crippen LogP contribution in [-0.2, 0) is 4.79 Å². The fraction of sp³-hybridized carbons (Fsp3) is 0.500. The van der Waals surface area contributed by atoms with Gasteiger partial charge in [-0.15, -0.1) is 0 Å². The lowest BCUT2D eigenvalue weighted by Crippen LogP contribution is -2.38. The number of amides is 1. The molecular formula is C18H23NO3. The average molecular weight is 301 g/mol. The standard InChI is InChI=1S/C18H23NO3/c1-13(17-12-14-6-2-3-9-16(14)22-17)18(21)19-10-4-7-15(19)8-5-11-20/h2-3,6,9,12-13,15,20H,4-5,7-8,10-11H2,1H3. The number of nitrogens with zero attached hydrogens (tertiary/aromatic N) is 1. The number of benzene rings is 1. The Morgan fingerprint density at radius 3 is 3.05 bits per heavy atom. The zero-order chi connectivity index (χ0) is 15.5. The summed E-state index contributed by atoms with van der Waals surface area (Å²) < 4.78 is 5.84. The lowest BCUT2D eigenvalue weighted by atomic mass is 10.0. The highest BCUT2D eigenvalue weighted by Gasteiger charge is 2.32. The van der Waals surface area contributed by atoms with Gasteiger partial charge in [0.15, 0.2) is 0 Å². The van der Waals surface area contributed by atoms with Crippen molar-refractivity contribution in [2.75, 3.05) is 13.2 Å². The number of rotatable bonds is 5. The Morgan fingerprint density at radius 1 is 1.45 bits per heavy atom. The Labute approximate surface area is 130 Å². The highest BCUT2D eigenvalue weighted by atomic mass is 16.3. The van der Waals surface area contributed by atoms with E-state index in [4.69, 9.17) is 9.52 Å². The largest absolute Gasteiger partial charge is 0.460 e. The first kappa shape index (κ1) is 15.1.